The second-order valence-electron chi connectivity index (χ2n) is 4.64. The van der Waals surface area contributed by atoms with Gasteiger partial charge in [0.15, 0.2) is 0 Å². The van der Waals surface area contributed by atoms with Gasteiger partial charge in [0.05, 0.1) is 0 Å². The highest BCUT2D eigenvalue weighted by Gasteiger charge is 2.14. The lowest BCUT2D eigenvalue weighted by Gasteiger charge is -2.22. The fraction of sp³-hybridized carbons (Fsp3) is 0.692. The first kappa shape index (κ1) is 10.6. The van der Waals surface area contributed by atoms with Crippen LogP contribution in [-0.4, -0.2) is 0 Å². The summed E-state index contributed by atoms with van der Waals surface area (Å²) >= 11 is 0. The van der Waals surface area contributed by atoms with Gasteiger partial charge in [-0.1, -0.05) is 44.1 Å². The SMILES string of the molecule is CCC1CC(CC(C)C)=CC=C1C. The third kappa shape index (κ3) is 3.02. The van der Waals surface area contributed by atoms with E-state index in [4.69, 9.17) is 0 Å². The van der Waals surface area contributed by atoms with Crippen molar-refractivity contribution in [3.8, 4) is 0 Å². The zero-order valence-electron chi connectivity index (χ0n) is 9.43. The summed E-state index contributed by atoms with van der Waals surface area (Å²) in [4.78, 5) is 0. The Labute approximate surface area is 82.7 Å². The number of hydrogen-bond donors (Lipinski definition) is 0. The van der Waals surface area contributed by atoms with Crippen LogP contribution in [0.5, 0.6) is 0 Å². The molecule has 0 amide bonds. The van der Waals surface area contributed by atoms with Gasteiger partial charge < -0.3 is 0 Å². The molecule has 1 atom stereocenters. The summed E-state index contributed by atoms with van der Waals surface area (Å²) in [6, 6.07) is 0. The van der Waals surface area contributed by atoms with Gasteiger partial charge >= 0.3 is 0 Å². The Hall–Kier alpha value is -0.520. The summed E-state index contributed by atoms with van der Waals surface area (Å²) in [6.45, 7) is 9.15. The molecule has 1 unspecified atom stereocenters. The normalized spacial score (nSPS) is 23.0. The second-order valence-corrected chi connectivity index (χ2v) is 4.64. The minimum absolute atomic E-state index is 0.801. The molecule has 74 valence electrons. The molecule has 0 heteroatoms. The van der Waals surface area contributed by atoms with Crippen LogP contribution in [-0.2, 0) is 0 Å². The second kappa shape index (κ2) is 4.64. The van der Waals surface area contributed by atoms with Crippen molar-refractivity contribution in [1.82, 2.24) is 0 Å². The van der Waals surface area contributed by atoms with E-state index in [1.54, 1.807) is 11.1 Å². The molecule has 0 aromatic heterocycles. The van der Waals surface area contributed by atoms with E-state index in [-0.39, 0.29) is 0 Å². The topological polar surface area (TPSA) is 0 Å². The average Bonchev–Trinajstić information content (AvgIpc) is 2.07. The molecule has 1 rings (SSSR count). The Morgan fingerprint density at radius 3 is 2.62 bits per heavy atom. The van der Waals surface area contributed by atoms with E-state index in [9.17, 15) is 0 Å². The lowest BCUT2D eigenvalue weighted by Crippen LogP contribution is -2.07. The molecular formula is C13H22. The summed E-state index contributed by atoms with van der Waals surface area (Å²) in [7, 11) is 0. The molecule has 1 aliphatic carbocycles. The van der Waals surface area contributed by atoms with Crippen molar-refractivity contribution in [2.75, 3.05) is 0 Å². The molecule has 0 aromatic rings. The number of hydrogen-bond acceptors (Lipinski definition) is 0. The van der Waals surface area contributed by atoms with Crippen molar-refractivity contribution in [2.45, 2.75) is 47.0 Å². The lowest BCUT2D eigenvalue weighted by atomic mass is 9.83. The molecule has 0 N–H and O–H groups in total. The highest BCUT2D eigenvalue weighted by Crippen LogP contribution is 2.30. The predicted molar refractivity (Wildman–Crippen MR) is 59.7 cm³/mol. The third-order valence-electron chi connectivity index (χ3n) is 2.90. The summed E-state index contributed by atoms with van der Waals surface area (Å²) in [5, 5.41) is 0. The molecule has 0 fully saturated rings. The molecule has 1 aliphatic rings. The van der Waals surface area contributed by atoms with Crippen LogP contribution in [0.25, 0.3) is 0 Å². The minimum atomic E-state index is 0.801. The average molecular weight is 178 g/mol. The number of rotatable bonds is 3. The smallest absolute Gasteiger partial charge is 0.0168 e. The lowest BCUT2D eigenvalue weighted by molar-refractivity contribution is 0.536. The highest BCUT2D eigenvalue weighted by molar-refractivity contribution is 5.25. The van der Waals surface area contributed by atoms with E-state index in [0.29, 0.717) is 0 Å². The quantitative estimate of drug-likeness (QED) is 0.603. The molecule has 0 saturated carbocycles. The van der Waals surface area contributed by atoms with E-state index in [0.717, 1.165) is 11.8 Å². The molecule has 0 heterocycles. The van der Waals surface area contributed by atoms with Crippen molar-refractivity contribution in [3.63, 3.8) is 0 Å². The highest BCUT2D eigenvalue weighted by atomic mass is 14.2. The third-order valence-corrected chi connectivity index (χ3v) is 2.90. The first-order valence-electron chi connectivity index (χ1n) is 5.49. The van der Waals surface area contributed by atoms with Gasteiger partial charge in [0, 0.05) is 0 Å². The van der Waals surface area contributed by atoms with Crippen LogP contribution in [0.4, 0.5) is 0 Å². The van der Waals surface area contributed by atoms with Crippen molar-refractivity contribution < 1.29 is 0 Å². The Morgan fingerprint density at radius 2 is 2.08 bits per heavy atom. The van der Waals surface area contributed by atoms with E-state index in [2.05, 4.69) is 39.8 Å². The van der Waals surface area contributed by atoms with Gasteiger partial charge in [-0.15, -0.1) is 0 Å². The van der Waals surface area contributed by atoms with Crippen LogP contribution in [0, 0.1) is 11.8 Å². The van der Waals surface area contributed by atoms with Crippen molar-refractivity contribution in [1.29, 1.82) is 0 Å². The Bertz CT molecular complexity index is 218. The first-order chi connectivity index (χ1) is 6.13. The first-order valence-corrected chi connectivity index (χ1v) is 5.49. The van der Waals surface area contributed by atoms with Crippen molar-refractivity contribution in [3.05, 3.63) is 23.3 Å². The molecule has 0 bridgehead atoms. The summed E-state index contributed by atoms with van der Waals surface area (Å²) < 4.78 is 0. The molecule has 0 spiro atoms. The van der Waals surface area contributed by atoms with Crippen LogP contribution >= 0.6 is 0 Å². The van der Waals surface area contributed by atoms with Crippen molar-refractivity contribution in [2.24, 2.45) is 11.8 Å². The Balaban J connectivity index is 2.60. The predicted octanol–water partition coefficient (Wildman–Crippen LogP) is 4.34. The maximum absolute atomic E-state index is 2.33. The van der Waals surface area contributed by atoms with Crippen LogP contribution in [0.1, 0.15) is 47.0 Å². The van der Waals surface area contributed by atoms with Gasteiger partial charge in [-0.25, -0.2) is 0 Å². The van der Waals surface area contributed by atoms with Crippen LogP contribution in [0.15, 0.2) is 23.3 Å². The molecule has 0 aromatic carbocycles. The summed E-state index contributed by atoms with van der Waals surface area (Å²) in [5.74, 6) is 1.62. The van der Waals surface area contributed by atoms with Gasteiger partial charge in [-0.2, -0.15) is 0 Å². The minimum Gasteiger partial charge on any atom is -0.0699 e. The summed E-state index contributed by atoms with van der Waals surface area (Å²) in [6.07, 6.45) is 8.52. The van der Waals surface area contributed by atoms with Crippen LogP contribution in [0.2, 0.25) is 0 Å². The number of allylic oxidation sites excluding steroid dienone is 4. The van der Waals surface area contributed by atoms with E-state index in [1.165, 1.54) is 19.3 Å². The zero-order valence-corrected chi connectivity index (χ0v) is 9.43. The van der Waals surface area contributed by atoms with Gasteiger partial charge in [-0.3, -0.25) is 0 Å². The maximum atomic E-state index is 2.33. The standard InChI is InChI=1S/C13H22/c1-5-13-9-12(8-10(2)3)7-6-11(13)4/h6-7,10,13H,5,8-9H2,1-4H3. The molecule has 0 radical (unpaired) electrons. The molecule has 0 nitrogen and oxygen atoms in total. The Morgan fingerprint density at radius 1 is 1.38 bits per heavy atom. The van der Waals surface area contributed by atoms with Crippen molar-refractivity contribution >= 4 is 0 Å². The van der Waals surface area contributed by atoms with Crippen LogP contribution in [0.3, 0.4) is 0 Å². The summed E-state index contributed by atoms with van der Waals surface area (Å²) in [5.41, 5.74) is 3.21. The van der Waals surface area contributed by atoms with E-state index in [1.807, 2.05) is 0 Å². The van der Waals surface area contributed by atoms with E-state index >= 15 is 0 Å². The molecule has 0 aliphatic heterocycles. The fourth-order valence-electron chi connectivity index (χ4n) is 2.07. The van der Waals surface area contributed by atoms with E-state index < -0.39 is 0 Å². The molecule has 0 saturated heterocycles. The fourth-order valence-corrected chi connectivity index (χ4v) is 2.07. The molecular weight excluding hydrogens is 156 g/mol. The Kier molecular flexibility index (Phi) is 3.77. The van der Waals surface area contributed by atoms with Gasteiger partial charge in [0.1, 0.15) is 0 Å². The zero-order chi connectivity index (χ0) is 9.84. The van der Waals surface area contributed by atoms with Gasteiger partial charge in [0.2, 0.25) is 0 Å². The monoisotopic (exact) mass is 178 g/mol. The van der Waals surface area contributed by atoms with Gasteiger partial charge in [-0.05, 0) is 38.0 Å². The largest absolute Gasteiger partial charge is 0.0699 e. The molecule has 13 heavy (non-hydrogen) atoms. The maximum Gasteiger partial charge on any atom is -0.0168 e. The van der Waals surface area contributed by atoms with Crippen LogP contribution < -0.4 is 0 Å². The van der Waals surface area contributed by atoms with Gasteiger partial charge in [0.25, 0.3) is 0 Å².